The van der Waals surface area contributed by atoms with E-state index < -0.39 is 0 Å². The fourth-order valence-electron chi connectivity index (χ4n) is 3.29. The summed E-state index contributed by atoms with van der Waals surface area (Å²) in [5, 5.41) is 5.18. The molecule has 2 nitrogen and oxygen atoms in total. The van der Waals surface area contributed by atoms with Crippen molar-refractivity contribution < 1.29 is 4.79 Å². The molecule has 0 radical (unpaired) electrons. The summed E-state index contributed by atoms with van der Waals surface area (Å²) < 4.78 is 0. The second-order valence-corrected chi connectivity index (χ2v) is 8.64. The Morgan fingerprint density at radius 2 is 2.09 bits per heavy atom. The quantitative estimate of drug-likeness (QED) is 0.716. The van der Waals surface area contributed by atoms with E-state index in [1.165, 1.54) is 36.1 Å². The highest BCUT2D eigenvalue weighted by Crippen LogP contribution is 2.40. The number of fused-ring (bicyclic) bond motifs is 1. The molecular formula is C19H31NOS. The molecule has 1 atom stereocenters. The summed E-state index contributed by atoms with van der Waals surface area (Å²) in [6, 6.07) is 0. The molecule has 0 saturated carbocycles. The number of unbranched alkanes of at least 4 members (excludes halogenated alkanes) is 3. The van der Waals surface area contributed by atoms with Gasteiger partial charge in [-0.15, -0.1) is 11.3 Å². The molecule has 1 unspecified atom stereocenters. The van der Waals surface area contributed by atoms with Gasteiger partial charge in [0.1, 0.15) is 0 Å². The van der Waals surface area contributed by atoms with Gasteiger partial charge in [0.25, 0.3) is 5.91 Å². The maximum absolute atomic E-state index is 12.4. The smallest absolute Gasteiger partial charge is 0.252 e. The van der Waals surface area contributed by atoms with Gasteiger partial charge < -0.3 is 5.32 Å². The SMILES string of the molecule is CCCCCCNC(=O)c1csc2c1CCC(C(C)(C)C)C2. The zero-order chi connectivity index (χ0) is 16.2. The Hall–Kier alpha value is -0.830. The minimum absolute atomic E-state index is 0.142. The summed E-state index contributed by atoms with van der Waals surface area (Å²) in [6.45, 7) is 10.0. The molecule has 1 N–H and O–H groups in total. The maximum Gasteiger partial charge on any atom is 0.252 e. The highest BCUT2D eigenvalue weighted by Gasteiger charge is 2.31. The molecule has 1 amide bonds. The van der Waals surface area contributed by atoms with Crippen molar-refractivity contribution in [3.63, 3.8) is 0 Å². The Kier molecular flexibility index (Phi) is 6.08. The molecule has 0 bridgehead atoms. The predicted octanol–water partition coefficient (Wildman–Crippen LogP) is 5.21. The first-order chi connectivity index (χ1) is 10.4. The third-order valence-electron chi connectivity index (χ3n) is 4.94. The summed E-state index contributed by atoms with van der Waals surface area (Å²) in [7, 11) is 0. The molecule has 124 valence electrons. The van der Waals surface area contributed by atoms with Crippen molar-refractivity contribution in [2.45, 2.75) is 72.6 Å². The zero-order valence-electron chi connectivity index (χ0n) is 14.6. The molecule has 0 aliphatic heterocycles. The molecule has 0 saturated heterocycles. The standard InChI is InChI=1S/C19H31NOS/c1-5-6-7-8-11-20-18(21)16-13-22-17-12-14(19(2,3)4)9-10-15(16)17/h13-14H,5-12H2,1-4H3,(H,20,21). The van der Waals surface area contributed by atoms with E-state index in [0.29, 0.717) is 5.41 Å². The van der Waals surface area contributed by atoms with Crippen molar-refractivity contribution in [2.24, 2.45) is 11.3 Å². The number of nitrogens with one attached hydrogen (secondary N) is 1. The van der Waals surface area contributed by atoms with Gasteiger partial charge in [-0.05, 0) is 42.6 Å². The molecule has 1 aromatic rings. The molecule has 1 aromatic heterocycles. The third kappa shape index (κ3) is 4.34. The molecule has 0 spiro atoms. The summed E-state index contributed by atoms with van der Waals surface area (Å²) in [6.07, 6.45) is 8.24. The fourth-order valence-corrected chi connectivity index (χ4v) is 4.45. The number of amides is 1. The van der Waals surface area contributed by atoms with Crippen LogP contribution in [0, 0.1) is 11.3 Å². The van der Waals surface area contributed by atoms with Gasteiger partial charge in [-0.1, -0.05) is 47.0 Å². The summed E-state index contributed by atoms with van der Waals surface area (Å²) >= 11 is 1.79. The minimum atomic E-state index is 0.142. The van der Waals surface area contributed by atoms with Crippen LogP contribution in [-0.2, 0) is 12.8 Å². The Morgan fingerprint density at radius 1 is 1.32 bits per heavy atom. The third-order valence-corrected chi connectivity index (χ3v) is 5.99. The van der Waals surface area contributed by atoms with Crippen molar-refractivity contribution >= 4 is 17.2 Å². The van der Waals surface area contributed by atoms with E-state index in [9.17, 15) is 4.79 Å². The normalized spacial score (nSPS) is 18.1. The van der Waals surface area contributed by atoms with Crippen LogP contribution in [0.5, 0.6) is 0 Å². The molecule has 22 heavy (non-hydrogen) atoms. The van der Waals surface area contributed by atoms with E-state index in [0.717, 1.165) is 37.3 Å². The monoisotopic (exact) mass is 321 g/mol. The minimum Gasteiger partial charge on any atom is -0.352 e. The van der Waals surface area contributed by atoms with E-state index in [1.54, 1.807) is 11.3 Å². The second kappa shape index (κ2) is 7.63. The average Bonchev–Trinajstić information content (AvgIpc) is 2.89. The molecular weight excluding hydrogens is 290 g/mol. The maximum atomic E-state index is 12.4. The number of rotatable bonds is 6. The van der Waals surface area contributed by atoms with E-state index in [-0.39, 0.29) is 5.91 Å². The van der Waals surface area contributed by atoms with Crippen LogP contribution in [0.4, 0.5) is 0 Å². The highest BCUT2D eigenvalue weighted by atomic mass is 32.1. The molecule has 2 rings (SSSR count). The van der Waals surface area contributed by atoms with Gasteiger partial charge in [-0.3, -0.25) is 4.79 Å². The van der Waals surface area contributed by atoms with Crippen molar-refractivity contribution in [1.82, 2.24) is 5.32 Å². The lowest BCUT2D eigenvalue weighted by Gasteiger charge is -2.34. The molecule has 1 aliphatic carbocycles. The van der Waals surface area contributed by atoms with Gasteiger partial charge in [0, 0.05) is 16.8 Å². The van der Waals surface area contributed by atoms with E-state index >= 15 is 0 Å². The summed E-state index contributed by atoms with van der Waals surface area (Å²) in [4.78, 5) is 13.8. The molecule has 0 aromatic carbocycles. The van der Waals surface area contributed by atoms with Crippen LogP contribution in [0.2, 0.25) is 0 Å². The number of carbonyl (C=O) groups excluding carboxylic acids is 1. The van der Waals surface area contributed by atoms with Crippen molar-refractivity contribution in [2.75, 3.05) is 6.54 Å². The first-order valence-corrected chi connectivity index (χ1v) is 9.69. The molecule has 0 fully saturated rings. The second-order valence-electron chi connectivity index (χ2n) is 7.67. The first kappa shape index (κ1) is 17.5. The molecule has 1 aliphatic rings. The van der Waals surface area contributed by atoms with Gasteiger partial charge in [0.2, 0.25) is 0 Å². The predicted molar refractivity (Wildman–Crippen MR) is 95.8 cm³/mol. The lowest BCUT2D eigenvalue weighted by molar-refractivity contribution is 0.0952. The first-order valence-electron chi connectivity index (χ1n) is 8.81. The lowest BCUT2D eigenvalue weighted by Crippen LogP contribution is -2.28. The number of carbonyl (C=O) groups is 1. The van der Waals surface area contributed by atoms with E-state index in [4.69, 9.17) is 0 Å². The van der Waals surface area contributed by atoms with Gasteiger partial charge in [0.05, 0.1) is 5.56 Å². The van der Waals surface area contributed by atoms with E-state index in [1.807, 2.05) is 0 Å². The van der Waals surface area contributed by atoms with Crippen LogP contribution < -0.4 is 5.32 Å². The Labute approximate surface area is 139 Å². The zero-order valence-corrected chi connectivity index (χ0v) is 15.4. The van der Waals surface area contributed by atoms with Crippen LogP contribution in [0.3, 0.4) is 0 Å². The summed E-state index contributed by atoms with van der Waals surface area (Å²) in [5.41, 5.74) is 2.64. The Morgan fingerprint density at radius 3 is 2.77 bits per heavy atom. The van der Waals surface area contributed by atoms with Crippen LogP contribution in [0.1, 0.15) is 80.6 Å². The number of thiophene rings is 1. The molecule has 1 heterocycles. The number of hydrogen-bond acceptors (Lipinski definition) is 2. The van der Waals surface area contributed by atoms with Gasteiger partial charge in [-0.25, -0.2) is 0 Å². The Bertz CT molecular complexity index is 498. The number of hydrogen-bond donors (Lipinski definition) is 1. The lowest BCUT2D eigenvalue weighted by atomic mass is 9.72. The van der Waals surface area contributed by atoms with E-state index in [2.05, 4.69) is 38.4 Å². The van der Waals surface area contributed by atoms with Crippen LogP contribution >= 0.6 is 11.3 Å². The van der Waals surface area contributed by atoms with Crippen molar-refractivity contribution in [3.05, 3.63) is 21.4 Å². The van der Waals surface area contributed by atoms with Crippen molar-refractivity contribution in [1.29, 1.82) is 0 Å². The Balaban J connectivity index is 1.92. The topological polar surface area (TPSA) is 29.1 Å². The fraction of sp³-hybridized carbons (Fsp3) is 0.737. The summed E-state index contributed by atoms with van der Waals surface area (Å²) in [5.74, 6) is 0.881. The van der Waals surface area contributed by atoms with Gasteiger partial charge in [-0.2, -0.15) is 0 Å². The van der Waals surface area contributed by atoms with Crippen LogP contribution in [0.25, 0.3) is 0 Å². The van der Waals surface area contributed by atoms with Crippen LogP contribution in [-0.4, -0.2) is 12.5 Å². The van der Waals surface area contributed by atoms with Crippen LogP contribution in [0.15, 0.2) is 5.38 Å². The van der Waals surface area contributed by atoms with Crippen molar-refractivity contribution in [3.8, 4) is 0 Å². The average molecular weight is 322 g/mol. The largest absolute Gasteiger partial charge is 0.352 e. The van der Waals surface area contributed by atoms with Gasteiger partial charge in [0.15, 0.2) is 0 Å². The molecule has 3 heteroatoms. The van der Waals surface area contributed by atoms with Gasteiger partial charge >= 0.3 is 0 Å². The highest BCUT2D eigenvalue weighted by molar-refractivity contribution is 7.10.